The molecule has 0 bridgehead atoms. The average molecular weight is 364 g/mol. The summed E-state index contributed by atoms with van der Waals surface area (Å²) >= 11 is 0. The molecule has 2 amide bonds. The molecule has 1 rings (SSSR count). The Hall–Kier alpha value is -2.70. The maximum absolute atomic E-state index is 13.0. The molecule has 0 aliphatic rings. The van der Waals surface area contributed by atoms with E-state index in [2.05, 4.69) is 17.2 Å². The first-order valence-corrected chi connectivity index (χ1v) is 8.38. The van der Waals surface area contributed by atoms with Gasteiger partial charge in [-0.25, -0.2) is 9.18 Å². The Labute approximate surface area is 152 Å². The zero-order valence-electron chi connectivity index (χ0n) is 15.1. The van der Waals surface area contributed by atoms with Gasteiger partial charge in [-0.05, 0) is 37.0 Å². The molecule has 1 aromatic rings. The van der Waals surface area contributed by atoms with Crippen LogP contribution in [-0.2, 0) is 25.5 Å². The van der Waals surface area contributed by atoms with Gasteiger partial charge in [0, 0.05) is 13.3 Å². The average Bonchev–Trinajstić information content (AvgIpc) is 2.61. The summed E-state index contributed by atoms with van der Waals surface area (Å²) in [5, 5.41) is 5.19. The maximum Gasteiger partial charge on any atom is 0.328 e. The minimum atomic E-state index is -0.885. The normalized spacial score (nSPS) is 12.6. The third kappa shape index (κ3) is 7.46. The van der Waals surface area contributed by atoms with Gasteiger partial charge in [0.15, 0.2) is 0 Å². The minimum absolute atomic E-state index is 0.173. The van der Waals surface area contributed by atoms with Crippen molar-refractivity contribution in [1.82, 2.24) is 10.6 Å². The molecule has 6 nitrogen and oxygen atoms in total. The molecule has 0 unspecified atom stereocenters. The maximum atomic E-state index is 13.0. The summed E-state index contributed by atoms with van der Waals surface area (Å²) in [6, 6.07) is 3.95. The fourth-order valence-electron chi connectivity index (χ4n) is 2.44. The minimum Gasteiger partial charge on any atom is -0.467 e. The van der Waals surface area contributed by atoms with Crippen LogP contribution in [-0.4, -0.2) is 37.0 Å². The quantitative estimate of drug-likeness (QED) is 0.377. The van der Waals surface area contributed by atoms with Crippen LogP contribution < -0.4 is 10.6 Å². The lowest BCUT2D eigenvalue weighted by Crippen LogP contribution is -2.52. The standard InChI is InChI=1S/C19H25FN2O4/c1-4-5-6-7-16(19(25)26-3)22-18(24)17(21-13(2)23)12-14-8-10-15(20)11-9-14/h4,8-11,16-17H,1,5-7,12H2,2-3H3,(H,21,23)(H,22,24)/t16-,17-/m0/s1. The molecule has 0 saturated heterocycles. The Kier molecular flexibility index (Phi) is 9.05. The van der Waals surface area contributed by atoms with Crippen LogP contribution in [0.2, 0.25) is 0 Å². The SMILES string of the molecule is C=CCCC[C@H](NC(=O)[C@H](Cc1ccc(F)cc1)NC(C)=O)C(=O)OC. The lowest BCUT2D eigenvalue weighted by atomic mass is 10.0. The van der Waals surface area contributed by atoms with Crippen molar-refractivity contribution in [3.8, 4) is 0 Å². The molecule has 0 aliphatic carbocycles. The number of carbonyl (C=O) groups excluding carboxylic acids is 3. The van der Waals surface area contributed by atoms with Crippen LogP contribution in [0.25, 0.3) is 0 Å². The second-order valence-electron chi connectivity index (χ2n) is 5.89. The molecule has 0 fully saturated rings. The Balaban J connectivity index is 2.84. The van der Waals surface area contributed by atoms with Gasteiger partial charge in [-0.15, -0.1) is 6.58 Å². The second kappa shape index (κ2) is 11.0. The number of unbranched alkanes of at least 4 members (excludes halogenated alkanes) is 1. The van der Waals surface area contributed by atoms with Crippen molar-refractivity contribution in [3.63, 3.8) is 0 Å². The topological polar surface area (TPSA) is 84.5 Å². The number of halogens is 1. The van der Waals surface area contributed by atoms with Crippen molar-refractivity contribution in [2.45, 2.75) is 44.7 Å². The van der Waals surface area contributed by atoms with Crippen LogP contribution in [0.5, 0.6) is 0 Å². The Bertz CT molecular complexity index is 631. The van der Waals surface area contributed by atoms with Gasteiger partial charge in [0.2, 0.25) is 11.8 Å². The monoisotopic (exact) mass is 364 g/mol. The molecule has 2 N–H and O–H groups in total. The number of methoxy groups -OCH3 is 1. The fraction of sp³-hybridized carbons (Fsp3) is 0.421. The van der Waals surface area contributed by atoms with Crippen molar-refractivity contribution in [2.24, 2.45) is 0 Å². The van der Waals surface area contributed by atoms with E-state index < -0.39 is 24.0 Å². The Morgan fingerprint density at radius 3 is 2.38 bits per heavy atom. The molecular weight excluding hydrogens is 339 g/mol. The number of hydrogen-bond acceptors (Lipinski definition) is 4. The molecule has 1 aromatic carbocycles. The second-order valence-corrected chi connectivity index (χ2v) is 5.89. The first-order valence-electron chi connectivity index (χ1n) is 8.38. The third-order valence-electron chi connectivity index (χ3n) is 3.75. The van der Waals surface area contributed by atoms with E-state index in [1.807, 2.05) is 0 Å². The van der Waals surface area contributed by atoms with E-state index in [0.29, 0.717) is 24.8 Å². The lowest BCUT2D eigenvalue weighted by Gasteiger charge is -2.22. The van der Waals surface area contributed by atoms with E-state index in [0.717, 1.165) is 0 Å². The van der Waals surface area contributed by atoms with Crippen molar-refractivity contribution in [1.29, 1.82) is 0 Å². The van der Waals surface area contributed by atoms with Crippen molar-refractivity contribution in [3.05, 3.63) is 48.3 Å². The summed E-state index contributed by atoms with van der Waals surface area (Å²) in [4.78, 5) is 35.9. The Morgan fingerprint density at radius 1 is 1.19 bits per heavy atom. The number of esters is 1. The number of ether oxygens (including phenoxy) is 1. The highest BCUT2D eigenvalue weighted by Gasteiger charge is 2.26. The summed E-state index contributed by atoms with van der Waals surface area (Å²) in [5.74, 6) is -1.82. The highest BCUT2D eigenvalue weighted by molar-refractivity contribution is 5.90. The van der Waals surface area contributed by atoms with E-state index in [1.165, 1.54) is 26.2 Å². The number of nitrogens with one attached hydrogen (secondary N) is 2. The summed E-state index contributed by atoms with van der Waals surface area (Å²) in [5.41, 5.74) is 0.682. The van der Waals surface area contributed by atoms with Crippen molar-refractivity contribution < 1.29 is 23.5 Å². The number of amides is 2. The van der Waals surface area contributed by atoms with Gasteiger partial charge < -0.3 is 15.4 Å². The molecule has 7 heteroatoms. The molecule has 0 aliphatic heterocycles. The summed E-state index contributed by atoms with van der Waals surface area (Å²) in [7, 11) is 1.25. The number of allylic oxidation sites excluding steroid dienone is 1. The van der Waals surface area contributed by atoms with Crippen LogP contribution in [0.4, 0.5) is 4.39 Å². The summed E-state index contributed by atoms with van der Waals surface area (Å²) in [6.07, 6.45) is 3.66. The molecule has 0 heterocycles. The Morgan fingerprint density at radius 2 is 1.85 bits per heavy atom. The summed E-state index contributed by atoms with van der Waals surface area (Å²) < 4.78 is 17.8. The van der Waals surface area contributed by atoms with Crippen LogP contribution in [0.3, 0.4) is 0 Å². The number of benzene rings is 1. The largest absolute Gasteiger partial charge is 0.467 e. The van der Waals surface area contributed by atoms with E-state index in [-0.39, 0.29) is 18.1 Å². The predicted octanol–water partition coefficient (Wildman–Crippen LogP) is 1.89. The molecular formula is C19H25FN2O4. The fourth-order valence-corrected chi connectivity index (χ4v) is 2.44. The molecule has 0 spiro atoms. The predicted molar refractivity (Wildman–Crippen MR) is 95.7 cm³/mol. The van der Waals surface area contributed by atoms with Gasteiger partial charge in [0.05, 0.1) is 7.11 Å². The zero-order valence-corrected chi connectivity index (χ0v) is 15.1. The van der Waals surface area contributed by atoms with Gasteiger partial charge in [-0.1, -0.05) is 18.2 Å². The van der Waals surface area contributed by atoms with Crippen molar-refractivity contribution in [2.75, 3.05) is 7.11 Å². The molecule has 0 saturated carbocycles. The van der Waals surface area contributed by atoms with E-state index in [9.17, 15) is 18.8 Å². The third-order valence-corrected chi connectivity index (χ3v) is 3.75. The van der Waals surface area contributed by atoms with Crippen molar-refractivity contribution >= 4 is 17.8 Å². The summed E-state index contributed by atoms with van der Waals surface area (Å²) in [6.45, 7) is 4.92. The number of carbonyl (C=O) groups is 3. The van der Waals surface area contributed by atoms with Crippen LogP contribution in [0.15, 0.2) is 36.9 Å². The van der Waals surface area contributed by atoms with Gasteiger partial charge in [0.1, 0.15) is 17.9 Å². The van der Waals surface area contributed by atoms with Crippen LogP contribution in [0.1, 0.15) is 31.7 Å². The molecule has 2 atom stereocenters. The van der Waals surface area contributed by atoms with E-state index in [1.54, 1.807) is 18.2 Å². The lowest BCUT2D eigenvalue weighted by molar-refractivity contribution is -0.145. The first kappa shape index (κ1) is 21.3. The van der Waals surface area contributed by atoms with E-state index in [4.69, 9.17) is 4.74 Å². The molecule has 0 aromatic heterocycles. The molecule has 26 heavy (non-hydrogen) atoms. The molecule has 142 valence electrons. The van der Waals surface area contributed by atoms with Gasteiger partial charge in [0.25, 0.3) is 0 Å². The van der Waals surface area contributed by atoms with Crippen LogP contribution >= 0.6 is 0 Å². The highest BCUT2D eigenvalue weighted by atomic mass is 19.1. The first-order chi connectivity index (χ1) is 12.4. The van der Waals surface area contributed by atoms with Crippen LogP contribution in [0, 0.1) is 5.82 Å². The van der Waals surface area contributed by atoms with E-state index >= 15 is 0 Å². The number of rotatable bonds is 10. The molecule has 0 radical (unpaired) electrons. The zero-order chi connectivity index (χ0) is 19.5. The highest BCUT2D eigenvalue weighted by Crippen LogP contribution is 2.08. The van der Waals surface area contributed by atoms with Gasteiger partial charge in [-0.2, -0.15) is 0 Å². The van der Waals surface area contributed by atoms with Gasteiger partial charge >= 0.3 is 5.97 Å². The van der Waals surface area contributed by atoms with Gasteiger partial charge in [-0.3, -0.25) is 9.59 Å². The number of hydrogen-bond donors (Lipinski definition) is 2. The smallest absolute Gasteiger partial charge is 0.328 e.